The molecule has 0 radical (unpaired) electrons. The van der Waals surface area contributed by atoms with Gasteiger partial charge in [-0.15, -0.1) is 0 Å². The molecule has 2 aliphatic heterocycles. The summed E-state index contributed by atoms with van der Waals surface area (Å²) in [6.45, 7) is 2.19. The van der Waals surface area contributed by atoms with Crippen molar-refractivity contribution >= 4 is 17.8 Å². The quantitative estimate of drug-likeness (QED) is 0.484. The molecule has 4 amide bonds. The van der Waals surface area contributed by atoms with Gasteiger partial charge in [0.05, 0.1) is 13.7 Å². The number of allylic oxidation sites excluding steroid dienone is 2. The number of fused-ring (bicyclic) bond motifs is 1. The Labute approximate surface area is 151 Å². The number of amides is 4. The number of imide groups is 1. The van der Waals surface area contributed by atoms with Gasteiger partial charge in [0.15, 0.2) is 5.54 Å². The number of benzene rings is 1. The summed E-state index contributed by atoms with van der Waals surface area (Å²) in [6.07, 6.45) is 4.15. The molecule has 0 aromatic heterocycles. The molecule has 0 spiro atoms. The molecule has 0 saturated carbocycles. The molecule has 2 N–H and O–H groups in total. The molecule has 7 heteroatoms. The van der Waals surface area contributed by atoms with Crippen molar-refractivity contribution in [3.8, 4) is 17.6 Å². The maximum Gasteiger partial charge on any atom is 0.323 e. The molecule has 3 rings (SSSR count). The Morgan fingerprint density at radius 2 is 2.15 bits per heavy atom. The van der Waals surface area contributed by atoms with Crippen molar-refractivity contribution in [2.24, 2.45) is 0 Å². The van der Waals surface area contributed by atoms with Crippen LogP contribution in [0.5, 0.6) is 5.75 Å². The van der Waals surface area contributed by atoms with E-state index in [1.807, 2.05) is 25.1 Å². The van der Waals surface area contributed by atoms with Crippen LogP contribution in [0.25, 0.3) is 0 Å². The average molecular weight is 353 g/mol. The summed E-state index contributed by atoms with van der Waals surface area (Å²) in [6, 6.07) is 4.67. The van der Waals surface area contributed by atoms with E-state index in [-0.39, 0.29) is 12.5 Å². The van der Waals surface area contributed by atoms with Crippen molar-refractivity contribution in [2.45, 2.75) is 25.4 Å². The van der Waals surface area contributed by atoms with Crippen molar-refractivity contribution in [1.29, 1.82) is 0 Å². The van der Waals surface area contributed by atoms with E-state index in [1.165, 1.54) is 12.0 Å². The summed E-state index contributed by atoms with van der Waals surface area (Å²) < 4.78 is 5.16. The number of urea groups is 1. The minimum Gasteiger partial charge on any atom is -0.497 e. The van der Waals surface area contributed by atoms with Gasteiger partial charge < -0.3 is 15.0 Å². The SMILES string of the molecule is C/C=C/CC#C[C@]1(CN2Cc3ccc(OC)cc3C2=O)NC(=O)NC1=O. The van der Waals surface area contributed by atoms with Crippen molar-refractivity contribution in [3.63, 3.8) is 0 Å². The normalized spacial score (nSPS) is 21.3. The van der Waals surface area contributed by atoms with Crippen LogP contribution in [-0.4, -0.2) is 41.9 Å². The highest BCUT2D eigenvalue weighted by molar-refractivity contribution is 6.10. The van der Waals surface area contributed by atoms with E-state index in [1.54, 1.807) is 12.1 Å². The molecule has 0 bridgehead atoms. The molecule has 1 saturated heterocycles. The van der Waals surface area contributed by atoms with Gasteiger partial charge in [-0.1, -0.05) is 30.1 Å². The Balaban J connectivity index is 1.86. The molecule has 2 heterocycles. The summed E-state index contributed by atoms with van der Waals surface area (Å²) in [7, 11) is 1.53. The lowest BCUT2D eigenvalue weighted by atomic mass is 9.99. The molecule has 1 atom stereocenters. The van der Waals surface area contributed by atoms with Crippen LogP contribution < -0.4 is 15.4 Å². The third kappa shape index (κ3) is 3.14. The molecule has 134 valence electrons. The van der Waals surface area contributed by atoms with Crippen molar-refractivity contribution in [1.82, 2.24) is 15.5 Å². The minimum absolute atomic E-state index is 0.0246. The van der Waals surface area contributed by atoms with Crippen molar-refractivity contribution in [2.75, 3.05) is 13.7 Å². The van der Waals surface area contributed by atoms with Gasteiger partial charge in [0.1, 0.15) is 5.75 Å². The van der Waals surface area contributed by atoms with E-state index in [4.69, 9.17) is 4.74 Å². The standard InChI is InChI=1S/C19H19N3O4/c1-3-4-5-6-9-19(17(24)20-18(25)21-19)12-22-11-13-7-8-14(26-2)10-15(13)16(22)23/h3-4,7-8,10H,5,11-12H2,1-2H3,(H2,20,21,24,25)/b4-3+/t19-/m1/s1. The van der Waals surface area contributed by atoms with Crippen LogP contribution in [0.4, 0.5) is 4.79 Å². The molecule has 7 nitrogen and oxygen atoms in total. The summed E-state index contributed by atoms with van der Waals surface area (Å²) >= 11 is 0. The molecule has 1 aromatic carbocycles. The number of methoxy groups -OCH3 is 1. The van der Waals surface area contributed by atoms with Crippen LogP contribution in [-0.2, 0) is 11.3 Å². The van der Waals surface area contributed by atoms with Gasteiger partial charge >= 0.3 is 6.03 Å². The second kappa shape index (κ2) is 6.92. The average Bonchev–Trinajstić information content (AvgIpc) is 3.08. The number of hydrogen-bond donors (Lipinski definition) is 2. The van der Waals surface area contributed by atoms with Crippen molar-refractivity contribution in [3.05, 3.63) is 41.5 Å². The molecular formula is C19H19N3O4. The smallest absolute Gasteiger partial charge is 0.323 e. The fraction of sp³-hybridized carbons (Fsp3) is 0.316. The van der Waals surface area contributed by atoms with Crippen LogP contribution in [0, 0.1) is 11.8 Å². The monoisotopic (exact) mass is 353 g/mol. The number of rotatable bonds is 4. The van der Waals surface area contributed by atoms with Gasteiger partial charge in [-0.3, -0.25) is 14.9 Å². The van der Waals surface area contributed by atoms with Crippen LogP contribution >= 0.6 is 0 Å². The Morgan fingerprint density at radius 3 is 2.81 bits per heavy atom. The molecule has 1 aromatic rings. The highest BCUT2D eigenvalue weighted by Gasteiger charge is 2.48. The van der Waals surface area contributed by atoms with E-state index in [0.717, 1.165) is 5.56 Å². The molecule has 26 heavy (non-hydrogen) atoms. The highest BCUT2D eigenvalue weighted by atomic mass is 16.5. The molecule has 2 aliphatic rings. The maximum atomic E-state index is 12.7. The third-order valence-corrected chi connectivity index (χ3v) is 4.32. The van der Waals surface area contributed by atoms with Gasteiger partial charge in [0.25, 0.3) is 11.8 Å². The van der Waals surface area contributed by atoms with Crippen LogP contribution in [0.1, 0.15) is 29.3 Å². The summed E-state index contributed by atoms with van der Waals surface area (Å²) in [5, 5.41) is 4.78. The third-order valence-electron chi connectivity index (χ3n) is 4.32. The number of carbonyl (C=O) groups is 3. The highest BCUT2D eigenvalue weighted by Crippen LogP contribution is 2.28. The first-order valence-electron chi connectivity index (χ1n) is 8.20. The summed E-state index contributed by atoms with van der Waals surface area (Å²) in [4.78, 5) is 38.3. The lowest BCUT2D eigenvalue weighted by molar-refractivity contribution is -0.122. The Hall–Kier alpha value is -3.27. The summed E-state index contributed by atoms with van der Waals surface area (Å²) in [5.74, 6) is 5.55. The van der Waals surface area contributed by atoms with E-state index in [0.29, 0.717) is 24.3 Å². The maximum absolute atomic E-state index is 12.7. The molecule has 1 fully saturated rings. The second-order valence-corrected chi connectivity index (χ2v) is 6.07. The fourth-order valence-corrected chi connectivity index (χ4v) is 2.99. The number of nitrogens with one attached hydrogen (secondary N) is 2. The van der Waals surface area contributed by atoms with E-state index < -0.39 is 17.5 Å². The molecule has 0 aliphatic carbocycles. The molecule has 0 unspecified atom stereocenters. The second-order valence-electron chi connectivity index (χ2n) is 6.07. The van der Waals surface area contributed by atoms with E-state index >= 15 is 0 Å². The van der Waals surface area contributed by atoms with Gasteiger partial charge in [0.2, 0.25) is 0 Å². The van der Waals surface area contributed by atoms with Gasteiger partial charge in [-0.25, -0.2) is 4.79 Å². The fourth-order valence-electron chi connectivity index (χ4n) is 2.99. The Bertz CT molecular complexity index is 865. The predicted octanol–water partition coefficient (Wildman–Crippen LogP) is 1.20. The Kier molecular flexibility index (Phi) is 4.67. The zero-order valence-electron chi connectivity index (χ0n) is 14.6. The van der Waals surface area contributed by atoms with Gasteiger partial charge in [0, 0.05) is 18.5 Å². The number of nitrogens with zero attached hydrogens (tertiary/aromatic N) is 1. The topological polar surface area (TPSA) is 87.7 Å². The zero-order valence-corrected chi connectivity index (χ0v) is 14.6. The molecular weight excluding hydrogens is 334 g/mol. The first kappa shape index (κ1) is 17.5. The van der Waals surface area contributed by atoms with Crippen LogP contribution in [0.3, 0.4) is 0 Å². The largest absolute Gasteiger partial charge is 0.497 e. The number of carbonyl (C=O) groups excluding carboxylic acids is 3. The van der Waals surface area contributed by atoms with Gasteiger partial charge in [-0.05, 0) is 24.6 Å². The first-order valence-corrected chi connectivity index (χ1v) is 8.20. The number of hydrogen-bond acceptors (Lipinski definition) is 4. The predicted molar refractivity (Wildman–Crippen MR) is 94.3 cm³/mol. The lowest BCUT2D eigenvalue weighted by Gasteiger charge is -2.26. The van der Waals surface area contributed by atoms with Crippen LogP contribution in [0.15, 0.2) is 30.4 Å². The lowest BCUT2D eigenvalue weighted by Crippen LogP contribution is -2.54. The summed E-state index contributed by atoms with van der Waals surface area (Å²) in [5.41, 5.74) is -0.0656. The van der Waals surface area contributed by atoms with Gasteiger partial charge in [-0.2, -0.15) is 0 Å². The van der Waals surface area contributed by atoms with Crippen LogP contribution in [0.2, 0.25) is 0 Å². The zero-order chi connectivity index (χ0) is 18.7. The first-order chi connectivity index (χ1) is 12.5. The minimum atomic E-state index is -1.44. The van der Waals surface area contributed by atoms with E-state index in [9.17, 15) is 14.4 Å². The number of ether oxygens (including phenoxy) is 1. The van der Waals surface area contributed by atoms with Crippen molar-refractivity contribution < 1.29 is 19.1 Å². The Morgan fingerprint density at radius 1 is 1.35 bits per heavy atom. The van der Waals surface area contributed by atoms with E-state index in [2.05, 4.69) is 22.5 Å².